The van der Waals surface area contributed by atoms with Crippen molar-refractivity contribution in [2.75, 3.05) is 26.2 Å². The Balaban J connectivity index is 1.95. The predicted molar refractivity (Wildman–Crippen MR) is 74.8 cm³/mol. The first-order chi connectivity index (χ1) is 9.96. The van der Waals surface area contributed by atoms with E-state index >= 15 is 0 Å². The summed E-state index contributed by atoms with van der Waals surface area (Å²) < 4.78 is 40.1. The summed E-state index contributed by atoms with van der Waals surface area (Å²) >= 11 is 0. The summed E-state index contributed by atoms with van der Waals surface area (Å²) in [7, 11) is 0. The van der Waals surface area contributed by atoms with E-state index in [0.717, 1.165) is 18.5 Å². The Morgan fingerprint density at radius 1 is 1.29 bits per heavy atom. The normalized spacial score (nSPS) is 24.8. The van der Waals surface area contributed by atoms with Crippen LogP contribution in [-0.4, -0.2) is 43.5 Å². The van der Waals surface area contributed by atoms with Gasteiger partial charge < -0.3 is 5.32 Å². The monoisotopic (exact) mass is 302 g/mol. The van der Waals surface area contributed by atoms with Crippen molar-refractivity contribution >= 4 is 0 Å². The highest BCUT2D eigenvalue weighted by Gasteiger charge is 2.30. The smallest absolute Gasteiger partial charge is 0.309 e. The molecule has 2 unspecified atom stereocenters. The molecule has 1 saturated heterocycles. The van der Waals surface area contributed by atoms with E-state index in [9.17, 15) is 13.2 Å². The van der Waals surface area contributed by atoms with Gasteiger partial charge in [0.15, 0.2) is 0 Å². The third-order valence-electron chi connectivity index (χ3n) is 3.84. The van der Waals surface area contributed by atoms with Crippen LogP contribution < -0.4 is 5.32 Å². The standard InChI is InChI=1S/C15H21F3N2O/c1-12-7-8-19-14(13-5-3-2-4-6-13)11-20(12)9-10-21-15(16,17)18/h2-6,12,14,19H,7-11H2,1H3. The second kappa shape index (κ2) is 7.24. The third-order valence-corrected chi connectivity index (χ3v) is 3.84. The van der Waals surface area contributed by atoms with Crippen molar-refractivity contribution in [3.05, 3.63) is 35.9 Å². The number of nitrogens with zero attached hydrogens (tertiary/aromatic N) is 1. The second-order valence-corrected chi connectivity index (χ2v) is 5.34. The van der Waals surface area contributed by atoms with Crippen LogP contribution in [0.1, 0.15) is 24.9 Å². The molecule has 0 bridgehead atoms. The van der Waals surface area contributed by atoms with Crippen LogP contribution in [0.25, 0.3) is 0 Å². The molecule has 2 rings (SSSR count). The highest BCUT2D eigenvalue weighted by atomic mass is 19.4. The zero-order valence-corrected chi connectivity index (χ0v) is 12.1. The number of nitrogens with one attached hydrogen (secondary N) is 1. The van der Waals surface area contributed by atoms with Crippen LogP contribution >= 0.6 is 0 Å². The lowest BCUT2D eigenvalue weighted by Gasteiger charge is -2.29. The van der Waals surface area contributed by atoms with Gasteiger partial charge in [0.05, 0.1) is 6.61 Å². The van der Waals surface area contributed by atoms with Gasteiger partial charge in [0.1, 0.15) is 0 Å². The van der Waals surface area contributed by atoms with Crippen LogP contribution in [0.15, 0.2) is 30.3 Å². The lowest BCUT2D eigenvalue weighted by molar-refractivity contribution is -0.325. The fourth-order valence-corrected chi connectivity index (χ4v) is 2.63. The molecule has 1 fully saturated rings. The largest absolute Gasteiger partial charge is 0.522 e. The molecule has 3 nitrogen and oxygen atoms in total. The lowest BCUT2D eigenvalue weighted by Crippen LogP contribution is -2.38. The van der Waals surface area contributed by atoms with E-state index in [1.54, 1.807) is 0 Å². The van der Waals surface area contributed by atoms with Crippen molar-refractivity contribution in [2.45, 2.75) is 31.8 Å². The van der Waals surface area contributed by atoms with Crippen LogP contribution in [0, 0.1) is 0 Å². The molecule has 1 N–H and O–H groups in total. The summed E-state index contributed by atoms with van der Waals surface area (Å²) in [5.41, 5.74) is 1.16. The maximum absolute atomic E-state index is 12.1. The highest BCUT2D eigenvalue weighted by Crippen LogP contribution is 2.21. The number of alkyl halides is 3. The van der Waals surface area contributed by atoms with Gasteiger partial charge in [-0.15, -0.1) is 13.2 Å². The van der Waals surface area contributed by atoms with E-state index in [4.69, 9.17) is 0 Å². The molecule has 1 aliphatic rings. The molecule has 6 heteroatoms. The fraction of sp³-hybridized carbons (Fsp3) is 0.600. The maximum atomic E-state index is 12.1. The highest BCUT2D eigenvalue weighted by molar-refractivity contribution is 5.19. The van der Waals surface area contributed by atoms with E-state index in [1.807, 2.05) is 37.3 Å². The van der Waals surface area contributed by atoms with Crippen molar-refractivity contribution in [2.24, 2.45) is 0 Å². The van der Waals surface area contributed by atoms with Crippen LogP contribution in [0.4, 0.5) is 13.2 Å². The van der Waals surface area contributed by atoms with Gasteiger partial charge in [-0.05, 0) is 25.5 Å². The molecule has 0 aliphatic carbocycles. The minimum atomic E-state index is -4.55. The number of benzene rings is 1. The number of ether oxygens (including phenoxy) is 1. The van der Waals surface area contributed by atoms with Gasteiger partial charge in [0.2, 0.25) is 0 Å². The number of halogens is 3. The van der Waals surface area contributed by atoms with Crippen molar-refractivity contribution in [3.63, 3.8) is 0 Å². The molecule has 1 aromatic carbocycles. The Bertz CT molecular complexity index is 425. The SMILES string of the molecule is CC1CCNC(c2ccccc2)CN1CCOC(F)(F)F. The molecule has 0 amide bonds. The summed E-state index contributed by atoms with van der Waals surface area (Å²) in [5.74, 6) is 0. The molecule has 1 aliphatic heterocycles. The van der Waals surface area contributed by atoms with Crippen molar-refractivity contribution in [1.82, 2.24) is 10.2 Å². The maximum Gasteiger partial charge on any atom is 0.522 e. The van der Waals surface area contributed by atoms with Crippen LogP contribution in [0.3, 0.4) is 0 Å². The van der Waals surface area contributed by atoms with E-state index in [1.165, 1.54) is 0 Å². The van der Waals surface area contributed by atoms with Crippen molar-refractivity contribution in [1.29, 1.82) is 0 Å². The van der Waals surface area contributed by atoms with Gasteiger partial charge in [-0.1, -0.05) is 30.3 Å². The molecule has 1 aromatic rings. The Labute approximate surface area is 123 Å². The molecule has 1 heterocycles. The Hall–Kier alpha value is -1.11. The quantitative estimate of drug-likeness (QED) is 0.925. The molecule has 2 atom stereocenters. The van der Waals surface area contributed by atoms with Gasteiger partial charge >= 0.3 is 6.36 Å². The summed E-state index contributed by atoms with van der Waals surface area (Å²) in [6.45, 7) is 3.55. The zero-order valence-electron chi connectivity index (χ0n) is 12.1. The first-order valence-corrected chi connectivity index (χ1v) is 7.19. The Morgan fingerprint density at radius 2 is 2.00 bits per heavy atom. The summed E-state index contributed by atoms with van der Waals surface area (Å²) in [6, 6.07) is 10.4. The molecule has 0 saturated carbocycles. The first kappa shape index (κ1) is 16.3. The van der Waals surface area contributed by atoms with Crippen LogP contribution in [-0.2, 0) is 4.74 Å². The van der Waals surface area contributed by atoms with Gasteiger partial charge in [-0.2, -0.15) is 0 Å². The summed E-state index contributed by atoms with van der Waals surface area (Å²) in [4.78, 5) is 2.06. The van der Waals surface area contributed by atoms with E-state index in [-0.39, 0.29) is 25.2 Å². The topological polar surface area (TPSA) is 24.5 Å². The number of hydrogen-bond donors (Lipinski definition) is 1. The summed E-state index contributed by atoms with van der Waals surface area (Å²) in [5, 5.41) is 3.46. The average Bonchev–Trinajstić information content (AvgIpc) is 2.61. The van der Waals surface area contributed by atoms with Gasteiger partial charge in [0.25, 0.3) is 0 Å². The molecule has 0 radical (unpaired) electrons. The molecule has 0 spiro atoms. The zero-order chi connectivity index (χ0) is 15.3. The Kier molecular flexibility index (Phi) is 5.61. The van der Waals surface area contributed by atoms with Crippen LogP contribution in [0.2, 0.25) is 0 Å². The van der Waals surface area contributed by atoms with Crippen LogP contribution in [0.5, 0.6) is 0 Å². The van der Waals surface area contributed by atoms with Gasteiger partial charge in [-0.3, -0.25) is 9.64 Å². The second-order valence-electron chi connectivity index (χ2n) is 5.34. The first-order valence-electron chi connectivity index (χ1n) is 7.19. The Morgan fingerprint density at radius 3 is 2.67 bits per heavy atom. The van der Waals surface area contributed by atoms with E-state index in [2.05, 4.69) is 15.0 Å². The molecular weight excluding hydrogens is 281 g/mol. The van der Waals surface area contributed by atoms with E-state index < -0.39 is 6.36 Å². The number of rotatable bonds is 4. The van der Waals surface area contributed by atoms with Gasteiger partial charge in [0, 0.05) is 25.2 Å². The molecule has 21 heavy (non-hydrogen) atoms. The average molecular weight is 302 g/mol. The molecular formula is C15H21F3N2O. The lowest BCUT2D eigenvalue weighted by atomic mass is 10.1. The van der Waals surface area contributed by atoms with Gasteiger partial charge in [-0.25, -0.2) is 0 Å². The van der Waals surface area contributed by atoms with E-state index in [0.29, 0.717) is 6.54 Å². The number of hydrogen-bond acceptors (Lipinski definition) is 3. The predicted octanol–water partition coefficient (Wildman–Crippen LogP) is 2.95. The minimum Gasteiger partial charge on any atom is -0.309 e. The minimum absolute atomic E-state index is 0.141. The van der Waals surface area contributed by atoms with Crippen molar-refractivity contribution < 1.29 is 17.9 Å². The molecule has 0 aromatic heterocycles. The third kappa shape index (κ3) is 5.30. The summed E-state index contributed by atoms with van der Waals surface area (Å²) in [6.07, 6.45) is -3.64. The fourth-order valence-electron chi connectivity index (χ4n) is 2.63. The molecule has 118 valence electrons. The van der Waals surface area contributed by atoms with Crippen molar-refractivity contribution in [3.8, 4) is 0 Å².